The first-order valence-electron chi connectivity index (χ1n) is 10.9. The Morgan fingerprint density at radius 2 is 1.81 bits per heavy atom. The number of nitrogens with zero attached hydrogens (tertiary/aromatic N) is 2. The number of hydrogen-bond donors (Lipinski definition) is 1. The molecule has 0 radical (unpaired) electrons. The van der Waals surface area contributed by atoms with Gasteiger partial charge in [0.25, 0.3) is 5.91 Å². The molecule has 1 aromatic heterocycles. The van der Waals surface area contributed by atoms with E-state index < -0.39 is 5.91 Å². The van der Waals surface area contributed by atoms with Crippen molar-refractivity contribution in [1.29, 1.82) is 0 Å². The monoisotopic (exact) mass is 415 g/mol. The maximum absolute atomic E-state index is 13.0. The zero-order chi connectivity index (χ0) is 21.5. The SMILES string of the molecule is C[C@@H]1Cc2cccc3c(=O)c(C(=O)Nc4ccc(CC(=O)N5CCCC5)cc4)cn1c23. The third-order valence-electron chi connectivity index (χ3n) is 6.40. The predicted octanol–water partition coefficient (Wildman–Crippen LogP) is 3.54. The maximum Gasteiger partial charge on any atom is 0.261 e. The Balaban J connectivity index is 1.35. The minimum absolute atomic E-state index is 0.144. The summed E-state index contributed by atoms with van der Waals surface area (Å²) in [5.74, 6) is -0.272. The molecule has 2 aliphatic heterocycles. The molecular weight excluding hydrogens is 390 g/mol. The van der Waals surface area contributed by atoms with Gasteiger partial charge in [-0.15, -0.1) is 0 Å². The summed E-state index contributed by atoms with van der Waals surface area (Å²) in [6.45, 7) is 3.78. The first-order valence-corrected chi connectivity index (χ1v) is 10.9. The van der Waals surface area contributed by atoms with E-state index in [4.69, 9.17) is 0 Å². The van der Waals surface area contributed by atoms with Crippen LogP contribution in [0.15, 0.2) is 53.5 Å². The Bertz CT molecular complexity index is 1240. The van der Waals surface area contributed by atoms with Crippen molar-refractivity contribution in [3.63, 3.8) is 0 Å². The minimum atomic E-state index is -0.416. The number of rotatable bonds is 4. The molecule has 1 atom stereocenters. The number of nitrogens with one attached hydrogen (secondary N) is 1. The molecule has 5 rings (SSSR count). The summed E-state index contributed by atoms with van der Waals surface area (Å²) in [6.07, 6.45) is 5.06. The van der Waals surface area contributed by atoms with E-state index in [1.165, 1.54) is 0 Å². The molecule has 3 heterocycles. The lowest BCUT2D eigenvalue weighted by molar-refractivity contribution is -0.129. The van der Waals surface area contributed by atoms with Gasteiger partial charge in [-0.3, -0.25) is 14.4 Å². The van der Waals surface area contributed by atoms with Crippen LogP contribution < -0.4 is 10.7 Å². The standard InChI is InChI=1S/C25H25N3O3/c1-16-13-18-5-4-6-20-23(18)28(16)15-21(24(20)30)25(31)26-19-9-7-17(8-10-19)14-22(29)27-11-2-3-12-27/h4-10,15-16H,2-3,11-14H2,1H3,(H,26,31)/t16-/m1/s1. The van der Waals surface area contributed by atoms with Gasteiger partial charge >= 0.3 is 0 Å². The van der Waals surface area contributed by atoms with Gasteiger partial charge in [0.15, 0.2) is 0 Å². The number of anilines is 1. The van der Waals surface area contributed by atoms with Gasteiger partial charge in [-0.25, -0.2) is 0 Å². The molecule has 0 spiro atoms. The van der Waals surface area contributed by atoms with E-state index in [9.17, 15) is 14.4 Å². The Kier molecular flexibility index (Phi) is 4.85. The fourth-order valence-electron chi connectivity index (χ4n) is 4.73. The van der Waals surface area contributed by atoms with Crippen molar-refractivity contribution < 1.29 is 9.59 Å². The maximum atomic E-state index is 13.0. The van der Waals surface area contributed by atoms with Gasteiger partial charge in [0, 0.05) is 36.4 Å². The number of amides is 2. The van der Waals surface area contributed by atoms with E-state index in [-0.39, 0.29) is 22.9 Å². The summed E-state index contributed by atoms with van der Waals surface area (Å²) in [5, 5.41) is 3.42. The van der Waals surface area contributed by atoms with Gasteiger partial charge in [-0.05, 0) is 55.5 Å². The summed E-state index contributed by atoms with van der Waals surface area (Å²) >= 11 is 0. The van der Waals surface area contributed by atoms with Crippen LogP contribution in [0.5, 0.6) is 0 Å². The van der Waals surface area contributed by atoms with E-state index in [2.05, 4.69) is 12.2 Å². The highest BCUT2D eigenvalue weighted by Crippen LogP contribution is 2.31. The molecule has 1 saturated heterocycles. The highest BCUT2D eigenvalue weighted by molar-refractivity contribution is 6.06. The number of aromatic nitrogens is 1. The summed E-state index contributed by atoms with van der Waals surface area (Å²) < 4.78 is 2.04. The molecule has 2 aromatic carbocycles. The molecule has 0 saturated carbocycles. The Morgan fingerprint density at radius 1 is 1.06 bits per heavy atom. The summed E-state index contributed by atoms with van der Waals surface area (Å²) in [7, 11) is 0. The highest BCUT2D eigenvalue weighted by Gasteiger charge is 2.24. The first-order chi connectivity index (χ1) is 15.0. The van der Waals surface area contributed by atoms with Crippen LogP contribution in [-0.2, 0) is 17.6 Å². The normalized spacial score (nSPS) is 17.3. The Morgan fingerprint density at radius 3 is 2.55 bits per heavy atom. The van der Waals surface area contributed by atoms with Crippen LogP contribution in [-0.4, -0.2) is 34.4 Å². The second kappa shape index (κ2) is 7.69. The van der Waals surface area contributed by atoms with Crippen LogP contribution in [0.2, 0.25) is 0 Å². The lowest BCUT2D eigenvalue weighted by atomic mass is 10.1. The van der Waals surface area contributed by atoms with Crippen molar-refractivity contribution in [3.8, 4) is 0 Å². The number of likely N-dealkylation sites (tertiary alicyclic amines) is 1. The average molecular weight is 415 g/mol. The molecule has 0 aliphatic carbocycles. The van der Waals surface area contributed by atoms with E-state index in [1.54, 1.807) is 24.4 Å². The van der Waals surface area contributed by atoms with E-state index in [0.717, 1.165) is 49.0 Å². The van der Waals surface area contributed by atoms with Crippen LogP contribution in [0.1, 0.15) is 47.3 Å². The van der Waals surface area contributed by atoms with Gasteiger partial charge in [0.05, 0.1) is 11.9 Å². The Labute approximate surface area is 180 Å². The van der Waals surface area contributed by atoms with Crippen molar-refractivity contribution in [2.45, 2.75) is 38.6 Å². The molecule has 1 N–H and O–H groups in total. The Hall–Kier alpha value is -3.41. The third kappa shape index (κ3) is 3.52. The van der Waals surface area contributed by atoms with Crippen LogP contribution in [0.3, 0.4) is 0 Å². The first kappa shape index (κ1) is 19.5. The molecule has 2 aliphatic rings. The fraction of sp³-hybridized carbons (Fsp3) is 0.320. The van der Waals surface area contributed by atoms with Crippen LogP contribution in [0.4, 0.5) is 5.69 Å². The van der Waals surface area contributed by atoms with Crippen molar-refractivity contribution in [2.75, 3.05) is 18.4 Å². The minimum Gasteiger partial charge on any atom is -0.343 e. The predicted molar refractivity (Wildman–Crippen MR) is 121 cm³/mol. The highest BCUT2D eigenvalue weighted by atomic mass is 16.2. The molecule has 0 unspecified atom stereocenters. The second-order valence-electron chi connectivity index (χ2n) is 8.56. The smallest absolute Gasteiger partial charge is 0.261 e. The van der Waals surface area contributed by atoms with Gasteiger partial charge in [0.1, 0.15) is 5.56 Å². The lowest BCUT2D eigenvalue weighted by Crippen LogP contribution is -2.29. The van der Waals surface area contributed by atoms with Gasteiger partial charge in [-0.1, -0.05) is 24.3 Å². The van der Waals surface area contributed by atoms with E-state index in [1.807, 2.05) is 33.7 Å². The molecular formula is C25H25N3O3. The van der Waals surface area contributed by atoms with Crippen molar-refractivity contribution in [1.82, 2.24) is 9.47 Å². The summed E-state index contributed by atoms with van der Waals surface area (Å²) in [6, 6.07) is 13.2. The number of para-hydroxylation sites is 1. The van der Waals surface area contributed by atoms with Gasteiger partial charge < -0.3 is 14.8 Å². The molecule has 31 heavy (non-hydrogen) atoms. The zero-order valence-electron chi connectivity index (χ0n) is 17.6. The quantitative estimate of drug-likeness (QED) is 0.709. The number of carbonyl (C=O) groups is 2. The third-order valence-corrected chi connectivity index (χ3v) is 6.40. The van der Waals surface area contributed by atoms with Crippen LogP contribution >= 0.6 is 0 Å². The zero-order valence-corrected chi connectivity index (χ0v) is 17.6. The molecule has 3 aromatic rings. The lowest BCUT2D eigenvalue weighted by Gasteiger charge is -2.15. The van der Waals surface area contributed by atoms with Crippen molar-refractivity contribution >= 4 is 28.4 Å². The molecule has 1 fully saturated rings. The molecule has 6 heteroatoms. The largest absolute Gasteiger partial charge is 0.343 e. The topological polar surface area (TPSA) is 71.4 Å². The number of carbonyl (C=O) groups excluding carboxylic acids is 2. The summed E-state index contributed by atoms with van der Waals surface area (Å²) in [5.41, 5.74) is 3.50. The van der Waals surface area contributed by atoms with E-state index in [0.29, 0.717) is 17.5 Å². The van der Waals surface area contributed by atoms with Gasteiger partial charge in [-0.2, -0.15) is 0 Å². The molecule has 2 amide bonds. The molecule has 6 nitrogen and oxygen atoms in total. The fourth-order valence-corrected chi connectivity index (χ4v) is 4.73. The average Bonchev–Trinajstić information content (AvgIpc) is 3.41. The van der Waals surface area contributed by atoms with Crippen molar-refractivity contribution in [3.05, 3.63) is 75.6 Å². The van der Waals surface area contributed by atoms with Crippen LogP contribution in [0.25, 0.3) is 10.9 Å². The number of hydrogen-bond acceptors (Lipinski definition) is 3. The van der Waals surface area contributed by atoms with Crippen molar-refractivity contribution in [2.24, 2.45) is 0 Å². The number of benzene rings is 2. The molecule has 0 bridgehead atoms. The van der Waals surface area contributed by atoms with E-state index >= 15 is 0 Å². The number of pyridine rings is 1. The second-order valence-corrected chi connectivity index (χ2v) is 8.56. The molecule has 158 valence electrons. The summed E-state index contributed by atoms with van der Waals surface area (Å²) in [4.78, 5) is 40.1. The van der Waals surface area contributed by atoms with Crippen LogP contribution in [0, 0.1) is 0 Å². The van der Waals surface area contributed by atoms with Gasteiger partial charge in [0.2, 0.25) is 11.3 Å².